The molecule has 10 heteroatoms. The molecular weight excluding hydrogens is 416 g/mol. The Morgan fingerprint density at radius 3 is 2.91 bits per heavy atom. The Balaban J connectivity index is 1.24. The number of H-pyrrole nitrogens is 1. The lowest BCUT2D eigenvalue weighted by molar-refractivity contribution is 0.0206. The van der Waals surface area contributed by atoms with Gasteiger partial charge in [0.05, 0.1) is 18.9 Å². The third kappa shape index (κ3) is 5.51. The second kappa shape index (κ2) is 10.4. The number of carbonyl (C=O) groups excluding carboxylic acids is 1. The smallest absolute Gasteiger partial charge is 0.435 e. The topological polar surface area (TPSA) is 118 Å². The second-order valence-corrected chi connectivity index (χ2v) is 7.78. The SMILES string of the molecule is O=C(On1c(O)c(CNCC2C=CC(OC3=CC=CCC3)=CC2)[nH]c1=O)N1CCOCC1. The number of hydrogen-bond acceptors (Lipinski definition) is 7. The highest BCUT2D eigenvalue weighted by Crippen LogP contribution is 2.22. The maximum Gasteiger partial charge on any atom is 0.435 e. The Morgan fingerprint density at radius 1 is 1.34 bits per heavy atom. The van der Waals surface area contributed by atoms with E-state index in [4.69, 9.17) is 14.3 Å². The lowest BCUT2D eigenvalue weighted by atomic mass is 10.00. The van der Waals surface area contributed by atoms with Crippen molar-refractivity contribution >= 4 is 6.09 Å². The van der Waals surface area contributed by atoms with Gasteiger partial charge in [-0.05, 0) is 37.0 Å². The van der Waals surface area contributed by atoms with E-state index in [1.54, 1.807) is 0 Å². The van der Waals surface area contributed by atoms with Crippen molar-refractivity contribution in [3.63, 3.8) is 0 Å². The minimum absolute atomic E-state index is 0.222. The van der Waals surface area contributed by atoms with Crippen LogP contribution in [0, 0.1) is 5.92 Å². The van der Waals surface area contributed by atoms with Crippen molar-refractivity contribution in [1.82, 2.24) is 19.9 Å². The van der Waals surface area contributed by atoms with E-state index in [0.29, 0.717) is 37.6 Å². The van der Waals surface area contributed by atoms with Gasteiger partial charge in [0, 0.05) is 32.6 Å². The molecule has 4 rings (SSSR count). The number of amides is 1. The van der Waals surface area contributed by atoms with Gasteiger partial charge >= 0.3 is 11.8 Å². The highest BCUT2D eigenvalue weighted by Gasteiger charge is 2.23. The Labute approximate surface area is 185 Å². The second-order valence-electron chi connectivity index (χ2n) is 7.78. The number of aromatic amines is 1. The molecular formula is C22H28N4O6. The van der Waals surface area contributed by atoms with Crippen LogP contribution in [0.25, 0.3) is 0 Å². The number of rotatable bonds is 7. The van der Waals surface area contributed by atoms with Crippen LogP contribution in [-0.2, 0) is 16.0 Å². The molecule has 2 aliphatic carbocycles. The molecule has 0 spiro atoms. The molecule has 0 aromatic carbocycles. The molecule has 172 valence electrons. The number of imidazole rings is 1. The molecule has 1 aromatic rings. The molecule has 1 amide bonds. The van der Waals surface area contributed by atoms with Crippen molar-refractivity contribution in [2.75, 3.05) is 32.8 Å². The summed E-state index contributed by atoms with van der Waals surface area (Å²) in [5.41, 5.74) is -0.462. The van der Waals surface area contributed by atoms with E-state index in [0.717, 1.165) is 30.8 Å². The summed E-state index contributed by atoms with van der Waals surface area (Å²) in [4.78, 5) is 33.3. The van der Waals surface area contributed by atoms with Crippen molar-refractivity contribution < 1.29 is 24.2 Å². The summed E-state index contributed by atoms with van der Waals surface area (Å²) in [6.07, 6.45) is 14.3. The van der Waals surface area contributed by atoms with Crippen LogP contribution in [0.15, 0.2) is 52.8 Å². The van der Waals surface area contributed by atoms with Crippen LogP contribution >= 0.6 is 0 Å². The molecule has 1 fully saturated rings. The molecule has 0 bridgehead atoms. The molecule has 1 saturated heterocycles. The number of morpholine rings is 1. The van der Waals surface area contributed by atoms with Gasteiger partial charge in [-0.1, -0.05) is 23.0 Å². The third-order valence-electron chi connectivity index (χ3n) is 5.43. The van der Waals surface area contributed by atoms with Gasteiger partial charge in [-0.3, -0.25) is 0 Å². The fourth-order valence-corrected chi connectivity index (χ4v) is 3.62. The lowest BCUT2D eigenvalue weighted by Gasteiger charge is -2.25. The minimum Gasteiger partial charge on any atom is -0.491 e. The Morgan fingerprint density at radius 2 is 2.19 bits per heavy atom. The summed E-state index contributed by atoms with van der Waals surface area (Å²) in [5.74, 6) is 1.66. The van der Waals surface area contributed by atoms with Gasteiger partial charge in [0.15, 0.2) is 0 Å². The van der Waals surface area contributed by atoms with Gasteiger partial charge in [-0.25, -0.2) is 9.59 Å². The first-order valence-corrected chi connectivity index (χ1v) is 10.8. The predicted molar refractivity (Wildman–Crippen MR) is 116 cm³/mol. The molecule has 10 nitrogen and oxygen atoms in total. The van der Waals surface area contributed by atoms with Crippen LogP contribution in [-0.4, -0.2) is 58.7 Å². The number of ether oxygens (including phenoxy) is 2. The summed E-state index contributed by atoms with van der Waals surface area (Å²) in [6, 6.07) is 0. The molecule has 2 heterocycles. The van der Waals surface area contributed by atoms with Crippen LogP contribution in [0.2, 0.25) is 0 Å². The van der Waals surface area contributed by atoms with Crippen LogP contribution in [0.1, 0.15) is 25.0 Å². The van der Waals surface area contributed by atoms with Crippen molar-refractivity contribution in [3.05, 3.63) is 64.2 Å². The van der Waals surface area contributed by atoms with Crippen molar-refractivity contribution in [3.8, 4) is 5.88 Å². The number of hydrogen-bond donors (Lipinski definition) is 3. The van der Waals surface area contributed by atoms with Crippen molar-refractivity contribution in [1.29, 1.82) is 0 Å². The number of nitrogens with one attached hydrogen (secondary N) is 2. The number of aromatic nitrogens is 2. The number of aromatic hydroxyl groups is 1. The van der Waals surface area contributed by atoms with Gasteiger partial charge in [0.1, 0.15) is 11.5 Å². The first-order valence-electron chi connectivity index (χ1n) is 10.8. The van der Waals surface area contributed by atoms with E-state index in [-0.39, 0.29) is 18.2 Å². The fourth-order valence-electron chi connectivity index (χ4n) is 3.62. The van der Waals surface area contributed by atoms with E-state index in [1.165, 1.54) is 4.90 Å². The molecule has 3 aliphatic rings. The normalized spacial score (nSPS) is 20.6. The van der Waals surface area contributed by atoms with Gasteiger partial charge in [0.2, 0.25) is 0 Å². The van der Waals surface area contributed by atoms with Crippen LogP contribution < -0.4 is 15.8 Å². The Hall–Kier alpha value is -3.24. The van der Waals surface area contributed by atoms with Crippen LogP contribution in [0.5, 0.6) is 5.88 Å². The summed E-state index contributed by atoms with van der Waals surface area (Å²) >= 11 is 0. The van der Waals surface area contributed by atoms with E-state index in [2.05, 4.69) is 28.5 Å². The van der Waals surface area contributed by atoms with Crippen molar-refractivity contribution in [2.24, 2.45) is 5.92 Å². The number of carbonyl (C=O) groups is 1. The van der Waals surface area contributed by atoms with Crippen LogP contribution in [0.4, 0.5) is 4.79 Å². The number of allylic oxidation sites excluding steroid dienone is 6. The zero-order chi connectivity index (χ0) is 22.3. The summed E-state index contributed by atoms with van der Waals surface area (Å²) in [7, 11) is 0. The van der Waals surface area contributed by atoms with E-state index in [9.17, 15) is 14.7 Å². The van der Waals surface area contributed by atoms with E-state index in [1.807, 2.05) is 18.2 Å². The van der Waals surface area contributed by atoms with Gasteiger partial charge < -0.3 is 34.6 Å². The molecule has 1 aliphatic heterocycles. The molecule has 1 aromatic heterocycles. The average Bonchev–Trinajstić information content (AvgIpc) is 3.09. The van der Waals surface area contributed by atoms with E-state index < -0.39 is 17.7 Å². The third-order valence-corrected chi connectivity index (χ3v) is 5.43. The molecule has 0 saturated carbocycles. The molecule has 32 heavy (non-hydrogen) atoms. The fraction of sp³-hybridized carbons (Fsp3) is 0.455. The summed E-state index contributed by atoms with van der Waals surface area (Å²) in [5, 5.41) is 13.5. The molecule has 1 unspecified atom stereocenters. The highest BCUT2D eigenvalue weighted by atomic mass is 16.7. The quantitative estimate of drug-likeness (QED) is 0.584. The Kier molecular flexibility index (Phi) is 7.13. The predicted octanol–water partition coefficient (Wildman–Crippen LogP) is 1.56. The van der Waals surface area contributed by atoms with Gasteiger partial charge in [-0.15, -0.1) is 0 Å². The maximum atomic E-state index is 12.2. The van der Waals surface area contributed by atoms with Gasteiger partial charge in [-0.2, -0.15) is 0 Å². The zero-order valence-electron chi connectivity index (χ0n) is 17.8. The van der Waals surface area contributed by atoms with Crippen LogP contribution in [0.3, 0.4) is 0 Å². The van der Waals surface area contributed by atoms with Gasteiger partial charge in [0.25, 0.3) is 5.88 Å². The molecule has 3 N–H and O–H groups in total. The lowest BCUT2D eigenvalue weighted by Crippen LogP contribution is -2.45. The maximum absolute atomic E-state index is 12.2. The van der Waals surface area contributed by atoms with E-state index >= 15 is 0 Å². The largest absolute Gasteiger partial charge is 0.491 e. The summed E-state index contributed by atoms with van der Waals surface area (Å²) < 4.78 is 11.7. The first kappa shape index (κ1) is 22.0. The zero-order valence-corrected chi connectivity index (χ0v) is 17.8. The molecule has 1 atom stereocenters. The average molecular weight is 444 g/mol. The van der Waals surface area contributed by atoms with Crippen molar-refractivity contribution in [2.45, 2.75) is 25.8 Å². The highest BCUT2D eigenvalue weighted by molar-refractivity contribution is 5.68. The monoisotopic (exact) mass is 444 g/mol. The first-order chi connectivity index (χ1) is 15.6. The summed E-state index contributed by atoms with van der Waals surface area (Å²) in [6.45, 7) is 2.43. The number of nitrogens with zero attached hydrogens (tertiary/aromatic N) is 2. The minimum atomic E-state index is -0.713. The molecule has 0 radical (unpaired) electrons. The Bertz CT molecular complexity index is 997. The standard InChI is InChI=1S/C22H28N4O6/c27-20-19(24-21(28)26(20)32-22(29)25-10-12-30-13-11-25)15-23-14-16-6-8-18(9-7-16)31-17-4-2-1-3-5-17/h1-2,4,6,8-9,16,23,27H,3,5,7,10-15H2,(H,24,28).